The van der Waals surface area contributed by atoms with Crippen LogP contribution in [0.4, 0.5) is 5.69 Å². The average molecular weight is 607 g/mol. The van der Waals surface area contributed by atoms with E-state index < -0.39 is 27.1 Å². The Labute approximate surface area is 254 Å². The van der Waals surface area contributed by atoms with E-state index in [0.29, 0.717) is 24.2 Å². The van der Waals surface area contributed by atoms with Gasteiger partial charge in [-0.3, -0.25) is 9.59 Å². The van der Waals surface area contributed by atoms with Crippen molar-refractivity contribution in [3.8, 4) is 16.9 Å². The van der Waals surface area contributed by atoms with Gasteiger partial charge in [-0.25, -0.2) is 13.1 Å². The Hall–Kier alpha value is -3.73. The Balaban J connectivity index is 1.64. The first kappa shape index (κ1) is 32.2. The lowest BCUT2D eigenvalue weighted by Gasteiger charge is -2.27. The van der Waals surface area contributed by atoms with Gasteiger partial charge in [0.1, 0.15) is 11.8 Å². The van der Waals surface area contributed by atoms with E-state index in [2.05, 4.69) is 10.0 Å². The summed E-state index contributed by atoms with van der Waals surface area (Å²) in [4.78, 5) is 28.5. The third-order valence-electron chi connectivity index (χ3n) is 7.02. The Morgan fingerprint density at radius 2 is 1.70 bits per heavy atom. The van der Waals surface area contributed by atoms with Crippen molar-refractivity contribution < 1.29 is 22.7 Å². The molecule has 10 heteroatoms. The molecule has 9 nitrogen and oxygen atoms in total. The molecule has 2 amide bonds. The molecule has 0 saturated carbocycles. The van der Waals surface area contributed by atoms with E-state index >= 15 is 0 Å². The molecule has 0 bridgehead atoms. The van der Waals surface area contributed by atoms with Crippen LogP contribution in [0.15, 0.2) is 71.6 Å². The molecule has 230 valence electrons. The first-order valence-electron chi connectivity index (χ1n) is 14.4. The van der Waals surface area contributed by atoms with Crippen LogP contribution in [0.25, 0.3) is 11.1 Å². The molecule has 3 aromatic rings. The van der Waals surface area contributed by atoms with Gasteiger partial charge in [0.15, 0.2) is 0 Å². The normalized spacial score (nSPS) is 15.9. The second kappa shape index (κ2) is 12.5. The zero-order chi connectivity index (χ0) is 31.6. The van der Waals surface area contributed by atoms with Gasteiger partial charge in [-0.05, 0) is 88.4 Å². The van der Waals surface area contributed by atoms with Crippen LogP contribution in [-0.4, -0.2) is 44.5 Å². The lowest BCUT2D eigenvalue weighted by atomic mass is 10.0. The van der Waals surface area contributed by atoms with E-state index in [1.807, 2.05) is 42.5 Å². The number of hydrogen-bond donors (Lipinski definition) is 3. The summed E-state index contributed by atoms with van der Waals surface area (Å²) in [5.41, 5.74) is 8.59. The Bertz CT molecular complexity index is 1590. The zero-order valence-corrected chi connectivity index (χ0v) is 26.5. The summed E-state index contributed by atoms with van der Waals surface area (Å²) in [6.45, 7) is 9.21. The molecule has 0 saturated heterocycles. The maximum Gasteiger partial charge on any atom is 0.249 e. The number of nitrogens with zero attached hydrogens (tertiary/aromatic N) is 1. The van der Waals surface area contributed by atoms with Crippen molar-refractivity contribution >= 4 is 27.5 Å². The molecular weight excluding hydrogens is 564 g/mol. The van der Waals surface area contributed by atoms with Gasteiger partial charge in [0.25, 0.3) is 0 Å². The van der Waals surface area contributed by atoms with Gasteiger partial charge < -0.3 is 20.7 Å². The number of aryl methyl sites for hydroxylation is 1. The highest BCUT2D eigenvalue weighted by Crippen LogP contribution is 2.33. The number of nitrogens with two attached hydrogens (primary N) is 1. The SMILES string of the molecule is COc1ccc2c(c1)CC[C@@H](NC(=O)CC(C)(C)N)C(=O)N2Cc1ccc(-c2ccccc2S(=O)(=O)NC(C)(C)C)cc1. The quantitative estimate of drug-likeness (QED) is 0.328. The molecule has 1 aliphatic rings. The number of carbonyl (C=O) groups is 2. The fraction of sp³-hybridized carbons (Fsp3) is 0.394. The number of rotatable bonds is 9. The van der Waals surface area contributed by atoms with Crippen molar-refractivity contribution in [2.45, 2.75) is 82.4 Å². The van der Waals surface area contributed by atoms with Gasteiger partial charge in [0, 0.05) is 28.7 Å². The van der Waals surface area contributed by atoms with E-state index in [-0.39, 0.29) is 29.7 Å². The van der Waals surface area contributed by atoms with Crippen molar-refractivity contribution in [2.75, 3.05) is 12.0 Å². The molecule has 0 aliphatic carbocycles. The smallest absolute Gasteiger partial charge is 0.249 e. The zero-order valence-electron chi connectivity index (χ0n) is 25.7. The molecule has 1 heterocycles. The largest absolute Gasteiger partial charge is 0.497 e. The molecule has 3 aromatic carbocycles. The Kier molecular flexibility index (Phi) is 9.34. The number of methoxy groups -OCH3 is 1. The molecule has 0 fully saturated rings. The molecule has 4 rings (SSSR count). The van der Waals surface area contributed by atoms with Crippen molar-refractivity contribution in [1.29, 1.82) is 0 Å². The molecule has 0 radical (unpaired) electrons. The molecule has 4 N–H and O–H groups in total. The van der Waals surface area contributed by atoms with Crippen LogP contribution in [0.3, 0.4) is 0 Å². The van der Waals surface area contributed by atoms with Crippen LogP contribution in [0, 0.1) is 0 Å². The van der Waals surface area contributed by atoms with Crippen LogP contribution in [0.2, 0.25) is 0 Å². The Morgan fingerprint density at radius 3 is 2.33 bits per heavy atom. The number of nitrogens with one attached hydrogen (secondary N) is 2. The van der Waals surface area contributed by atoms with Crippen molar-refractivity contribution in [3.05, 3.63) is 77.9 Å². The number of ether oxygens (including phenoxy) is 1. The van der Waals surface area contributed by atoms with Crippen molar-refractivity contribution in [3.63, 3.8) is 0 Å². The summed E-state index contributed by atoms with van der Waals surface area (Å²) in [5, 5.41) is 2.91. The summed E-state index contributed by atoms with van der Waals surface area (Å²) in [5.74, 6) is 0.214. The summed E-state index contributed by atoms with van der Waals surface area (Å²) in [6, 6.07) is 19.3. The van der Waals surface area contributed by atoms with Gasteiger partial charge in [-0.15, -0.1) is 0 Å². The number of sulfonamides is 1. The maximum atomic E-state index is 13.9. The first-order valence-corrected chi connectivity index (χ1v) is 15.8. The summed E-state index contributed by atoms with van der Waals surface area (Å²) in [7, 11) is -2.16. The highest BCUT2D eigenvalue weighted by molar-refractivity contribution is 7.89. The van der Waals surface area contributed by atoms with E-state index in [1.54, 1.807) is 70.9 Å². The third kappa shape index (κ3) is 8.22. The first-order chi connectivity index (χ1) is 20.1. The van der Waals surface area contributed by atoms with Gasteiger partial charge in [0.05, 0.1) is 18.6 Å². The van der Waals surface area contributed by atoms with Gasteiger partial charge >= 0.3 is 0 Å². The second-order valence-corrected chi connectivity index (χ2v) is 14.4. The van der Waals surface area contributed by atoms with E-state index in [0.717, 1.165) is 22.4 Å². The second-order valence-electron chi connectivity index (χ2n) is 12.8. The lowest BCUT2D eigenvalue weighted by Crippen LogP contribution is -2.49. The number of amides is 2. The highest BCUT2D eigenvalue weighted by atomic mass is 32.2. The lowest BCUT2D eigenvalue weighted by molar-refractivity contribution is -0.128. The average Bonchev–Trinajstić information content (AvgIpc) is 3.03. The van der Waals surface area contributed by atoms with Crippen LogP contribution in [-0.2, 0) is 32.6 Å². The third-order valence-corrected chi connectivity index (χ3v) is 8.83. The minimum absolute atomic E-state index is 0.0987. The maximum absolute atomic E-state index is 13.9. The van der Waals surface area contributed by atoms with Crippen LogP contribution < -0.4 is 25.4 Å². The summed E-state index contributed by atoms with van der Waals surface area (Å²) < 4.78 is 34.5. The van der Waals surface area contributed by atoms with E-state index in [1.165, 1.54) is 0 Å². The predicted octanol–water partition coefficient (Wildman–Crippen LogP) is 4.53. The summed E-state index contributed by atoms with van der Waals surface area (Å²) in [6.07, 6.45) is 1.12. The topological polar surface area (TPSA) is 131 Å². The standard InChI is InChI=1S/C33H42N4O5S/c1-32(2,3)36-43(40,41)29-10-8-7-9-26(29)23-13-11-22(12-14-23)21-37-28-18-16-25(42-6)19-24(28)15-17-27(31(37)39)35-30(38)20-33(4,5)34/h7-14,16,18-19,27,36H,15,17,20-21,34H2,1-6H3,(H,35,38)/t27-/m1/s1. The van der Waals surface area contributed by atoms with Crippen molar-refractivity contribution in [1.82, 2.24) is 10.0 Å². The molecule has 0 unspecified atom stereocenters. The predicted molar refractivity (Wildman–Crippen MR) is 169 cm³/mol. The number of carbonyl (C=O) groups excluding carboxylic acids is 2. The van der Waals surface area contributed by atoms with Crippen LogP contribution >= 0.6 is 0 Å². The minimum Gasteiger partial charge on any atom is -0.497 e. The van der Waals surface area contributed by atoms with Gasteiger partial charge in [-0.2, -0.15) is 0 Å². The Morgan fingerprint density at radius 1 is 1.02 bits per heavy atom. The number of hydrogen-bond acceptors (Lipinski definition) is 6. The molecular formula is C33H42N4O5S. The van der Waals surface area contributed by atoms with Crippen molar-refractivity contribution in [2.24, 2.45) is 5.73 Å². The molecule has 0 aromatic heterocycles. The monoisotopic (exact) mass is 606 g/mol. The van der Waals surface area contributed by atoms with Crippen LogP contribution in [0.5, 0.6) is 5.75 Å². The fourth-order valence-corrected chi connectivity index (χ4v) is 6.86. The number of benzene rings is 3. The molecule has 0 spiro atoms. The van der Waals surface area contributed by atoms with E-state index in [9.17, 15) is 18.0 Å². The molecule has 1 atom stereocenters. The van der Waals surface area contributed by atoms with E-state index in [4.69, 9.17) is 10.5 Å². The van der Waals surface area contributed by atoms with Gasteiger partial charge in [0.2, 0.25) is 21.8 Å². The molecule has 43 heavy (non-hydrogen) atoms. The number of anilines is 1. The highest BCUT2D eigenvalue weighted by Gasteiger charge is 2.33. The van der Waals surface area contributed by atoms with Gasteiger partial charge in [-0.1, -0.05) is 42.5 Å². The molecule has 1 aliphatic heterocycles. The number of fused-ring (bicyclic) bond motifs is 1. The fourth-order valence-electron chi connectivity index (χ4n) is 5.21. The van der Waals surface area contributed by atoms with Crippen LogP contribution in [0.1, 0.15) is 58.6 Å². The minimum atomic E-state index is -3.76. The summed E-state index contributed by atoms with van der Waals surface area (Å²) >= 11 is 0.